The van der Waals surface area contributed by atoms with Crippen LogP contribution in [0.1, 0.15) is 43.1 Å². The number of aromatic nitrogens is 2. The number of hydrogen-bond donors (Lipinski definition) is 0. The van der Waals surface area contributed by atoms with Gasteiger partial charge in [-0.3, -0.25) is 9.59 Å². The van der Waals surface area contributed by atoms with E-state index in [4.69, 9.17) is 4.74 Å². The Hall–Kier alpha value is -1.85. The second-order valence-electron chi connectivity index (χ2n) is 4.82. The second-order valence-corrected chi connectivity index (χ2v) is 4.82. The average Bonchev–Trinajstić information content (AvgIpc) is 2.72. The van der Waals surface area contributed by atoms with Crippen LogP contribution in [0.3, 0.4) is 0 Å². The third kappa shape index (κ3) is 1.52. The van der Waals surface area contributed by atoms with Gasteiger partial charge in [0.1, 0.15) is 5.69 Å². The van der Waals surface area contributed by atoms with Crippen LogP contribution < -0.4 is 9.64 Å². The van der Waals surface area contributed by atoms with Crippen molar-refractivity contribution in [3.63, 3.8) is 0 Å². The Morgan fingerprint density at radius 1 is 1.28 bits per heavy atom. The van der Waals surface area contributed by atoms with E-state index in [9.17, 15) is 9.59 Å². The molecule has 0 N–H and O–H groups in total. The van der Waals surface area contributed by atoms with Gasteiger partial charge in [-0.15, -0.1) is 5.10 Å². The fourth-order valence-electron chi connectivity index (χ4n) is 2.89. The summed E-state index contributed by atoms with van der Waals surface area (Å²) in [4.78, 5) is 24.9. The lowest BCUT2D eigenvalue weighted by Crippen LogP contribution is -2.39. The van der Waals surface area contributed by atoms with Crippen LogP contribution in [0, 0.1) is 0 Å². The third-order valence-corrected chi connectivity index (χ3v) is 3.60. The van der Waals surface area contributed by atoms with Crippen LogP contribution in [-0.4, -0.2) is 34.7 Å². The normalized spacial score (nSPS) is 17.8. The van der Waals surface area contributed by atoms with Crippen LogP contribution in [-0.2, 0) is 4.79 Å². The molecule has 96 valence electrons. The molecule has 6 nitrogen and oxygen atoms in total. The molecule has 3 aliphatic heterocycles. The fourth-order valence-corrected chi connectivity index (χ4v) is 2.89. The van der Waals surface area contributed by atoms with E-state index in [1.807, 2.05) is 0 Å². The zero-order valence-corrected chi connectivity index (χ0v) is 10.5. The molecule has 4 rings (SSSR count). The summed E-state index contributed by atoms with van der Waals surface area (Å²) in [5.41, 5.74) is 1.75. The number of fused-ring (bicyclic) bond motifs is 2. The maximum Gasteiger partial charge on any atom is 0.309 e. The number of piperidine rings is 1. The van der Waals surface area contributed by atoms with Crippen molar-refractivity contribution in [2.45, 2.75) is 32.6 Å². The predicted octanol–water partition coefficient (Wildman–Crippen LogP) is 1.17. The highest BCUT2D eigenvalue weighted by molar-refractivity contribution is 5.81. The van der Waals surface area contributed by atoms with E-state index in [-0.39, 0.29) is 11.8 Å². The largest absolute Gasteiger partial charge is 0.404 e. The summed E-state index contributed by atoms with van der Waals surface area (Å²) in [7, 11) is 0. The average molecular weight is 249 g/mol. The molecule has 0 atom stereocenters. The molecule has 2 bridgehead atoms. The Morgan fingerprint density at radius 3 is 2.50 bits per heavy atom. The van der Waals surface area contributed by atoms with Gasteiger partial charge in [-0.2, -0.15) is 4.68 Å². The number of carbonyl (C=O) groups is 2. The molecule has 0 saturated carbocycles. The topological polar surface area (TPSA) is 64.4 Å². The van der Waals surface area contributed by atoms with E-state index in [0.717, 1.165) is 37.3 Å². The van der Waals surface area contributed by atoms with Gasteiger partial charge in [0.15, 0.2) is 0 Å². The van der Waals surface area contributed by atoms with Crippen LogP contribution in [0.2, 0.25) is 0 Å². The Morgan fingerprint density at radius 2 is 1.94 bits per heavy atom. The van der Waals surface area contributed by atoms with Crippen LogP contribution in [0.5, 0.6) is 5.88 Å². The van der Waals surface area contributed by atoms with E-state index >= 15 is 0 Å². The summed E-state index contributed by atoms with van der Waals surface area (Å²) in [5.74, 6) is 0.0786. The number of rotatable bonds is 1. The maximum absolute atomic E-state index is 11.6. The van der Waals surface area contributed by atoms with Crippen molar-refractivity contribution < 1.29 is 14.3 Å². The number of ether oxygens (including phenoxy) is 1. The Labute approximate surface area is 105 Å². The molecule has 0 amide bonds. The molecule has 0 radical (unpaired) electrons. The summed E-state index contributed by atoms with van der Waals surface area (Å²) < 4.78 is 6.52. The molecule has 0 spiro atoms. The lowest BCUT2D eigenvalue weighted by molar-refractivity contribution is -0.132. The van der Waals surface area contributed by atoms with Crippen molar-refractivity contribution in [1.29, 1.82) is 0 Å². The van der Waals surface area contributed by atoms with Crippen molar-refractivity contribution in [2.24, 2.45) is 0 Å². The summed E-state index contributed by atoms with van der Waals surface area (Å²) in [6, 6.07) is 0. The fraction of sp³-hybridized carbons (Fsp3) is 0.583. The van der Waals surface area contributed by atoms with Crippen LogP contribution in [0.25, 0.3) is 0 Å². The first kappa shape index (κ1) is 11.3. The molecular formula is C12H15N3O3. The molecule has 0 unspecified atom stereocenters. The molecule has 1 saturated heterocycles. The van der Waals surface area contributed by atoms with Gasteiger partial charge < -0.3 is 9.64 Å². The Bertz CT molecular complexity index is 527. The van der Waals surface area contributed by atoms with Crippen LogP contribution >= 0.6 is 0 Å². The van der Waals surface area contributed by atoms with Crippen LogP contribution in [0.4, 0.5) is 5.69 Å². The minimum Gasteiger partial charge on any atom is -0.404 e. The molecule has 1 fully saturated rings. The molecule has 6 heteroatoms. The molecule has 0 aliphatic carbocycles. The van der Waals surface area contributed by atoms with Gasteiger partial charge in [0, 0.05) is 32.9 Å². The number of nitrogens with zero attached hydrogens (tertiary/aromatic N) is 3. The number of hydrogen-bond acceptors (Lipinski definition) is 5. The molecule has 3 aliphatic rings. The molecular weight excluding hydrogens is 234 g/mol. The number of esters is 1. The SMILES string of the molecule is CC(=O)Oc1nn(C(C)=O)c2c1N1CCC2CC1. The molecule has 1 aromatic heterocycles. The molecule has 4 heterocycles. The first-order valence-electron chi connectivity index (χ1n) is 6.15. The molecule has 1 aromatic rings. The van der Waals surface area contributed by atoms with Crippen LogP contribution in [0.15, 0.2) is 0 Å². The van der Waals surface area contributed by atoms with Gasteiger partial charge in [0.2, 0.25) is 5.91 Å². The molecule has 18 heavy (non-hydrogen) atoms. The monoisotopic (exact) mass is 249 g/mol. The standard InChI is InChI=1S/C12H15N3O3/c1-7(16)15-10-9-3-5-14(6-4-9)11(10)12(13-15)18-8(2)17/h9H,3-6H2,1-2H3. The first-order valence-corrected chi connectivity index (χ1v) is 6.15. The lowest BCUT2D eigenvalue weighted by Gasteiger charge is -2.39. The van der Waals surface area contributed by atoms with E-state index in [1.165, 1.54) is 18.5 Å². The van der Waals surface area contributed by atoms with E-state index < -0.39 is 5.97 Å². The third-order valence-electron chi connectivity index (χ3n) is 3.60. The summed E-state index contributed by atoms with van der Waals surface area (Å²) in [6.45, 7) is 4.70. The van der Waals surface area contributed by atoms with Gasteiger partial charge in [-0.1, -0.05) is 0 Å². The van der Waals surface area contributed by atoms with Crippen molar-refractivity contribution >= 4 is 17.6 Å². The zero-order valence-electron chi connectivity index (χ0n) is 10.5. The van der Waals surface area contributed by atoms with Crippen molar-refractivity contribution in [3.05, 3.63) is 5.69 Å². The predicted molar refractivity (Wildman–Crippen MR) is 64.0 cm³/mol. The summed E-state index contributed by atoms with van der Waals surface area (Å²) >= 11 is 0. The van der Waals surface area contributed by atoms with E-state index in [1.54, 1.807) is 0 Å². The van der Waals surface area contributed by atoms with Gasteiger partial charge in [-0.25, -0.2) is 0 Å². The summed E-state index contributed by atoms with van der Waals surface area (Å²) in [6.07, 6.45) is 2.07. The van der Waals surface area contributed by atoms with Gasteiger partial charge in [-0.05, 0) is 12.8 Å². The quantitative estimate of drug-likeness (QED) is 0.699. The van der Waals surface area contributed by atoms with Crippen molar-refractivity contribution in [1.82, 2.24) is 9.78 Å². The zero-order chi connectivity index (χ0) is 12.9. The van der Waals surface area contributed by atoms with Gasteiger partial charge in [0.05, 0.1) is 5.69 Å². The minimum absolute atomic E-state index is 0.140. The van der Waals surface area contributed by atoms with Crippen molar-refractivity contribution in [3.8, 4) is 5.88 Å². The number of carbonyl (C=O) groups excluding carboxylic acids is 2. The maximum atomic E-state index is 11.6. The van der Waals surface area contributed by atoms with E-state index in [0.29, 0.717) is 5.92 Å². The van der Waals surface area contributed by atoms with Crippen molar-refractivity contribution in [2.75, 3.05) is 18.0 Å². The lowest BCUT2D eigenvalue weighted by atomic mass is 9.87. The number of anilines is 1. The highest BCUT2D eigenvalue weighted by Crippen LogP contribution is 2.46. The van der Waals surface area contributed by atoms with E-state index in [2.05, 4.69) is 10.00 Å². The first-order chi connectivity index (χ1) is 8.58. The Balaban J connectivity index is 2.15. The Kier molecular flexibility index (Phi) is 2.39. The second kappa shape index (κ2) is 3.83. The molecule has 0 aromatic carbocycles. The summed E-state index contributed by atoms with van der Waals surface area (Å²) in [5, 5.41) is 4.15. The van der Waals surface area contributed by atoms with Gasteiger partial charge in [0.25, 0.3) is 5.88 Å². The minimum atomic E-state index is -0.409. The smallest absolute Gasteiger partial charge is 0.309 e. The van der Waals surface area contributed by atoms with Gasteiger partial charge >= 0.3 is 5.97 Å². The highest BCUT2D eigenvalue weighted by Gasteiger charge is 2.39. The highest BCUT2D eigenvalue weighted by atomic mass is 16.5.